The average Bonchev–Trinajstić information content (AvgIpc) is 2.53. The summed E-state index contributed by atoms with van der Waals surface area (Å²) in [6.45, 7) is 5.74. The molecule has 2 amide bonds. The molecule has 0 saturated heterocycles. The highest BCUT2D eigenvalue weighted by Gasteiger charge is 2.24. The highest BCUT2D eigenvalue weighted by molar-refractivity contribution is 5.96. The topological polar surface area (TPSA) is 131 Å². The summed E-state index contributed by atoms with van der Waals surface area (Å²) >= 11 is 0. The van der Waals surface area contributed by atoms with E-state index in [1.165, 1.54) is 0 Å². The van der Waals surface area contributed by atoms with Crippen LogP contribution in [0.2, 0.25) is 0 Å². The molecule has 0 fully saturated rings. The molecule has 8 heteroatoms. The van der Waals surface area contributed by atoms with E-state index in [0.29, 0.717) is 30.6 Å². The van der Waals surface area contributed by atoms with Crippen LogP contribution in [0, 0.1) is 0 Å². The summed E-state index contributed by atoms with van der Waals surface area (Å²) in [5.41, 5.74) is 5.98. The summed E-state index contributed by atoms with van der Waals surface area (Å²) in [7, 11) is 0. The standard InChI is InChI=1S/C19H29N3O5/c1-19(2,3)27-18(26)22-15(6-4-5-11-20)17(25)21-14-9-7-13(8-10-14)12-16(23)24/h7-10,15H,4-6,11-12,20H2,1-3H3,(H,21,25)(H,22,26)(H,23,24). The molecule has 8 nitrogen and oxygen atoms in total. The van der Waals surface area contributed by atoms with E-state index in [2.05, 4.69) is 10.6 Å². The number of hydrogen-bond donors (Lipinski definition) is 4. The Bertz CT molecular complexity index is 638. The van der Waals surface area contributed by atoms with E-state index in [-0.39, 0.29) is 12.3 Å². The predicted octanol–water partition coefficient (Wildman–Crippen LogP) is 2.27. The number of alkyl carbamates (subject to hydrolysis) is 1. The van der Waals surface area contributed by atoms with Crippen molar-refractivity contribution in [3.63, 3.8) is 0 Å². The number of carbonyl (C=O) groups is 3. The van der Waals surface area contributed by atoms with Gasteiger partial charge in [-0.25, -0.2) is 4.79 Å². The van der Waals surface area contributed by atoms with Crippen LogP contribution in [0.25, 0.3) is 0 Å². The minimum absolute atomic E-state index is 0.0872. The van der Waals surface area contributed by atoms with Gasteiger partial charge < -0.3 is 26.2 Å². The quantitative estimate of drug-likeness (QED) is 0.487. The predicted molar refractivity (Wildman–Crippen MR) is 102 cm³/mol. The Morgan fingerprint density at radius 2 is 1.78 bits per heavy atom. The van der Waals surface area contributed by atoms with Crippen molar-refractivity contribution in [3.05, 3.63) is 29.8 Å². The molecule has 0 aliphatic rings. The van der Waals surface area contributed by atoms with Gasteiger partial charge in [0.05, 0.1) is 6.42 Å². The first-order valence-electron chi connectivity index (χ1n) is 8.92. The number of hydrogen-bond acceptors (Lipinski definition) is 5. The maximum atomic E-state index is 12.6. The van der Waals surface area contributed by atoms with Crippen LogP contribution < -0.4 is 16.4 Å². The van der Waals surface area contributed by atoms with Crippen molar-refractivity contribution in [2.24, 2.45) is 5.73 Å². The first-order chi connectivity index (χ1) is 12.6. The smallest absolute Gasteiger partial charge is 0.408 e. The van der Waals surface area contributed by atoms with E-state index in [0.717, 1.165) is 6.42 Å². The van der Waals surface area contributed by atoms with Crippen molar-refractivity contribution >= 4 is 23.7 Å². The van der Waals surface area contributed by atoms with Crippen LogP contribution in [0.1, 0.15) is 45.6 Å². The van der Waals surface area contributed by atoms with Crippen molar-refractivity contribution in [2.45, 2.75) is 58.1 Å². The van der Waals surface area contributed by atoms with Crippen molar-refractivity contribution in [1.82, 2.24) is 5.32 Å². The Morgan fingerprint density at radius 3 is 2.30 bits per heavy atom. The molecule has 0 aromatic heterocycles. The monoisotopic (exact) mass is 379 g/mol. The molecule has 0 heterocycles. The number of carbonyl (C=O) groups excluding carboxylic acids is 2. The third kappa shape index (κ3) is 9.60. The molecule has 0 spiro atoms. The van der Waals surface area contributed by atoms with Crippen LogP contribution in [-0.2, 0) is 20.7 Å². The van der Waals surface area contributed by atoms with Crippen LogP contribution in [0.5, 0.6) is 0 Å². The molecule has 0 aliphatic heterocycles. The Labute approximate surface area is 159 Å². The van der Waals surface area contributed by atoms with Crippen LogP contribution in [-0.4, -0.2) is 41.3 Å². The summed E-state index contributed by atoms with van der Waals surface area (Å²) in [4.78, 5) is 35.3. The van der Waals surface area contributed by atoms with Gasteiger partial charge in [0.15, 0.2) is 0 Å². The second-order valence-electron chi connectivity index (χ2n) is 7.24. The van der Waals surface area contributed by atoms with Gasteiger partial charge in [0, 0.05) is 5.69 Å². The largest absolute Gasteiger partial charge is 0.481 e. The molecular formula is C19H29N3O5. The van der Waals surface area contributed by atoms with Crippen molar-refractivity contribution in [3.8, 4) is 0 Å². The minimum atomic E-state index is -0.923. The van der Waals surface area contributed by atoms with Crippen molar-refractivity contribution < 1.29 is 24.2 Å². The van der Waals surface area contributed by atoms with Crippen LogP contribution in [0.4, 0.5) is 10.5 Å². The molecule has 1 rings (SSSR count). The van der Waals surface area contributed by atoms with Gasteiger partial charge in [-0.1, -0.05) is 12.1 Å². The van der Waals surface area contributed by atoms with Crippen molar-refractivity contribution in [2.75, 3.05) is 11.9 Å². The SMILES string of the molecule is CC(C)(C)OC(=O)NC(CCCCN)C(=O)Nc1ccc(CC(=O)O)cc1. The maximum Gasteiger partial charge on any atom is 0.408 e. The highest BCUT2D eigenvalue weighted by Crippen LogP contribution is 2.13. The van der Waals surface area contributed by atoms with Gasteiger partial charge in [-0.2, -0.15) is 0 Å². The summed E-state index contributed by atoms with van der Waals surface area (Å²) in [5, 5.41) is 14.1. The second kappa shape index (κ2) is 10.5. The van der Waals surface area contributed by atoms with Crippen LogP contribution >= 0.6 is 0 Å². The Balaban J connectivity index is 2.73. The number of ether oxygens (including phenoxy) is 1. The molecule has 5 N–H and O–H groups in total. The molecule has 1 aromatic carbocycles. The Hall–Kier alpha value is -2.61. The summed E-state index contributed by atoms with van der Waals surface area (Å²) in [5.74, 6) is -1.29. The number of benzene rings is 1. The molecule has 0 saturated carbocycles. The fraction of sp³-hybridized carbons (Fsp3) is 0.526. The zero-order chi connectivity index (χ0) is 20.4. The van der Waals surface area contributed by atoms with Gasteiger partial charge in [-0.3, -0.25) is 9.59 Å². The normalized spacial score (nSPS) is 12.1. The third-order valence-corrected chi connectivity index (χ3v) is 3.53. The van der Waals surface area contributed by atoms with E-state index in [1.807, 2.05) is 0 Å². The number of rotatable bonds is 9. The molecule has 1 atom stereocenters. The van der Waals surface area contributed by atoms with E-state index in [9.17, 15) is 14.4 Å². The summed E-state index contributed by atoms with van der Waals surface area (Å²) < 4.78 is 5.22. The molecule has 0 radical (unpaired) electrons. The second-order valence-corrected chi connectivity index (χ2v) is 7.24. The summed E-state index contributed by atoms with van der Waals surface area (Å²) in [6, 6.07) is 5.76. The molecule has 1 aromatic rings. The number of nitrogens with one attached hydrogen (secondary N) is 2. The number of unbranched alkanes of at least 4 members (excludes halogenated alkanes) is 1. The lowest BCUT2D eigenvalue weighted by Crippen LogP contribution is -2.45. The number of anilines is 1. The van der Waals surface area contributed by atoms with Crippen LogP contribution in [0.3, 0.4) is 0 Å². The molecule has 0 bridgehead atoms. The average molecular weight is 379 g/mol. The van der Waals surface area contributed by atoms with Gasteiger partial charge in [0.2, 0.25) is 5.91 Å². The van der Waals surface area contributed by atoms with Crippen molar-refractivity contribution in [1.29, 1.82) is 0 Å². The highest BCUT2D eigenvalue weighted by atomic mass is 16.6. The van der Waals surface area contributed by atoms with Gasteiger partial charge >= 0.3 is 12.1 Å². The molecule has 0 aliphatic carbocycles. The lowest BCUT2D eigenvalue weighted by atomic mass is 10.1. The first-order valence-corrected chi connectivity index (χ1v) is 8.92. The number of carboxylic acid groups (broad SMARTS) is 1. The number of aliphatic carboxylic acids is 1. The van der Waals surface area contributed by atoms with Gasteiger partial charge in [-0.15, -0.1) is 0 Å². The molecule has 27 heavy (non-hydrogen) atoms. The summed E-state index contributed by atoms with van der Waals surface area (Å²) in [6.07, 6.45) is 1.10. The van der Waals surface area contributed by atoms with E-state index < -0.39 is 23.7 Å². The number of amides is 2. The fourth-order valence-corrected chi connectivity index (χ4v) is 2.32. The van der Waals surface area contributed by atoms with Crippen LogP contribution in [0.15, 0.2) is 24.3 Å². The van der Waals surface area contributed by atoms with E-state index in [1.54, 1.807) is 45.0 Å². The molecule has 1 unspecified atom stereocenters. The first kappa shape index (κ1) is 22.4. The maximum absolute atomic E-state index is 12.6. The van der Waals surface area contributed by atoms with Gasteiger partial charge in [-0.05, 0) is 64.3 Å². The lowest BCUT2D eigenvalue weighted by molar-refractivity contribution is -0.136. The number of nitrogens with two attached hydrogens (primary N) is 1. The Kier molecular flexibility index (Phi) is 8.74. The van der Waals surface area contributed by atoms with E-state index in [4.69, 9.17) is 15.6 Å². The van der Waals surface area contributed by atoms with Gasteiger partial charge in [0.25, 0.3) is 0 Å². The molecular weight excluding hydrogens is 350 g/mol. The minimum Gasteiger partial charge on any atom is -0.481 e. The zero-order valence-corrected chi connectivity index (χ0v) is 16.1. The lowest BCUT2D eigenvalue weighted by Gasteiger charge is -2.23. The zero-order valence-electron chi connectivity index (χ0n) is 16.1. The van der Waals surface area contributed by atoms with Gasteiger partial charge in [0.1, 0.15) is 11.6 Å². The fourth-order valence-electron chi connectivity index (χ4n) is 2.32. The third-order valence-electron chi connectivity index (χ3n) is 3.53. The number of carboxylic acids is 1. The Morgan fingerprint density at radius 1 is 1.15 bits per heavy atom. The molecule has 150 valence electrons. The van der Waals surface area contributed by atoms with E-state index >= 15 is 0 Å².